The summed E-state index contributed by atoms with van der Waals surface area (Å²) in [6.45, 7) is 1.34. The Labute approximate surface area is 147 Å². The minimum atomic E-state index is -1.45. The maximum absolute atomic E-state index is 13.7. The number of rotatable bonds is 3. The Balaban J connectivity index is 1.76. The quantitative estimate of drug-likeness (QED) is 0.864. The smallest absolute Gasteiger partial charge is 0.312 e. The number of aryl methyl sites for hydroxylation is 1. The van der Waals surface area contributed by atoms with Crippen LogP contribution in [-0.2, 0) is 9.59 Å². The van der Waals surface area contributed by atoms with Gasteiger partial charge in [-0.05, 0) is 37.6 Å². The van der Waals surface area contributed by atoms with E-state index in [0.29, 0.717) is 16.6 Å². The molecule has 2 N–H and O–H groups in total. The molecule has 26 heavy (non-hydrogen) atoms. The summed E-state index contributed by atoms with van der Waals surface area (Å²) in [6.07, 6.45) is 0.0131. The lowest BCUT2D eigenvalue weighted by molar-refractivity contribution is -0.151. The Morgan fingerprint density at radius 3 is 2.31 bits per heavy atom. The molecule has 1 saturated heterocycles. The molecular formula is C18H15FN2O5. The van der Waals surface area contributed by atoms with Gasteiger partial charge in [-0.1, -0.05) is 0 Å². The Morgan fingerprint density at radius 2 is 1.73 bits per heavy atom. The maximum Gasteiger partial charge on any atom is 0.312 e. The highest BCUT2D eigenvalue weighted by Gasteiger charge is 2.81. The van der Waals surface area contributed by atoms with Crippen molar-refractivity contribution < 1.29 is 29.0 Å². The first-order valence-electron chi connectivity index (χ1n) is 8.03. The molecule has 2 aliphatic rings. The molecule has 2 atom stereocenters. The second-order valence-corrected chi connectivity index (χ2v) is 7.09. The molecule has 1 amide bonds. The number of carbonyl (C=O) groups is 3. The topological polar surface area (TPSA) is 108 Å². The van der Waals surface area contributed by atoms with Crippen LogP contribution in [0.3, 0.4) is 0 Å². The molecule has 0 radical (unpaired) electrons. The molecule has 2 aromatic rings. The first kappa shape index (κ1) is 16.4. The molecule has 0 bridgehead atoms. The van der Waals surface area contributed by atoms with Crippen molar-refractivity contribution in [3.63, 3.8) is 0 Å². The number of nitrogens with zero attached hydrogens (tertiary/aromatic N) is 2. The summed E-state index contributed by atoms with van der Waals surface area (Å²) in [6, 6.07) is 5.42. The van der Waals surface area contributed by atoms with Crippen molar-refractivity contribution in [3.8, 4) is 0 Å². The van der Waals surface area contributed by atoms with Crippen LogP contribution < -0.4 is 0 Å². The highest BCUT2D eigenvalue weighted by atomic mass is 19.1. The van der Waals surface area contributed by atoms with Crippen molar-refractivity contribution in [2.24, 2.45) is 10.8 Å². The summed E-state index contributed by atoms with van der Waals surface area (Å²) in [5, 5.41) is 19.3. The van der Waals surface area contributed by atoms with Gasteiger partial charge in [0.05, 0.1) is 11.1 Å². The van der Waals surface area contributed by atoms with Crippen LogP contribution in [0, 0.1) is 23.6 Å². The first-order valence-corrected chi connectivity index (χ1v) is 8.03. The molecule has 0 spiro atoms. The second-order valence-electron chi connectivity index (χ2n) is 7.09. The van der Waals surface area contributed by atoms with Crippen LogP contribution in [0.5, 0.6) is 0 Å². The largest absolute Gasteiger partial charge is 0.481 e. The molecule has 1 saturated carbocycles. The Morgan fingerprint density at radius 1 is 1.12 bits per heavy atom. The molecule has 1 aliphatic heterocycles. The van der Waals surface area contributed by atoms with E-state index in [9.17, 15) is 29.0 Å². The van der Waals surface area contributed by atoms with Gasteiger partial charge < -0.3 is 15.1 Å². The van der Waals surface area contributed by atoms with Gasteiger partial charge in [0.1, 0.15) is 16.6 Å². The van der Waals surface area contributed by atoms with Gasteiger partial charge in [0.25, 0.3) is 5.91 Å². The minimum Gasteiger partial charge on any atom is -0.481 e. The van der Waals surface area contributed by atoms with Gasteiger partial charge in [-0.15, -0.1) is 0 Å². The number of carboxylic acids is 2. The normalized spacial score (nSPS) is 26.6. The van der Waals surface area contributed by atoms with E-state index in [0.717, 1.165) is 0 Å². The molecule has 1 aliphatic carbocycles. The number of pyridine rings is 1. The number of hydrogen-bond donors (Lipinski definition) is 2. The zero-order chi connectivity index (χ0) is 18.9. The minimum absolute atomic E-state index is 0.0131. The van der Waals surface area contributed by atoms with Crippen molar-refractivity contribution in [1.82, 2.24) is 9.88 Å². The first-order chi connectivity index (χ1) is 12.2. The molecular weight excluding hydrogens is 343 g/mol. The third kappa shape index (κ3) is 1.98. The van der Waals surface area contributed by atoms with Gasteiger partial charge in [0, 0.05) is 24.2 Å². The third-order valence-electron chi connectivity index (χ3n) is 5.55. The number of aromatic nitrogens is 1. The van der Waals surface area contributed by atoms with E-state index in [-0.39, 0.29) is 25.1 Å². The highest BCUT2D eigenvalue weighted by molar-refractivity contribution is 6.07. The Kier molecular flexibility index (Phi) is 3.16. The van der Waals surface area contributed by atoms with Crippen molar-refractivity contribution in [2.75, 3.05) is 13.1 Å². The van der Waals surface area contributed by atoms with E-state index < -0.39 is 34.5 Å². The number of benzene rings is 1. The summed E-state index contributed by atoms with van der Waals surface area (Å²) in [7, 11) is 0. The van der Waals surface area contributed by atoms with Gasteiger partial charge in [-0.2, -0.15) is 0 Å². The van der Waals surface area contributed by atoms with Crippen LogP contribution >= 0.6 is 0 Å². The number of fused-ring (bicyclic) bond motifs is 2. The molecule has 7 nitrogen and oxygen atoms in total. The summed E-state index contributed by atoms with van der Waals surface area (Å²) >= 11 is 0. The molecule has 2 fully saturated rings. The maximum atomic E-state index is 13.7. The van der Waals surface area contributed by atoms with Crippen molar-refractivity contribution in [3.05, 3.63) is 41.3 Å². The van der Waals surface area contributed by atoms with Crippen molar-refractivity contribution >= 4 is 28.7 Å². The fourth-order valence-electron chi connectivity index (χ4n) is 4.11. The van der Waals surface area contributed by atoms with E-state index in [1.807, 2.05) is 0 Å². The monoisotopic (exact) mass is 358 g/mol. The fraction of sp³-hybridized carbons (Fsp3) is 0.333. The van der Waals surface area contributed by atoms with E-state index in [1.165, 1.54) is 29.2 Å². The lowest BCUT2D eigenvalue weighted by atomic mass is 9.97. The second kappa shape index (κ2) is 5.00. The molecule has 134 valence electrons. The van der Waals surface area contributed by atoms with Crippen LogP contribution in [0.15, 0.2) is 24.3 Å². The van der Waals surface area contributed by atoms with Crippen LogP contribution in [0.25, 0.3) is 10.9 Å². The molecule has 2 heterocycles. The SMILES string of the molecule is Cc1cc(C(=O)N2C[C@@]3(C(=O)O)C[C@@]3(C(=O)O)C2)c2cc(F)ccc2n1. The van der Waals surface area contributed by atoms with Crippen molar-refractivity contribution in [2.45, 2.75) is 13.3 Å². The number of carboxylic acid groups (broad SMARTS) is 2. The zero-order valence-electron chi connectivity index (χ0n) is 13.8. The molecule has 0 unspecified atom stereocenters. The Hall–Kier alpha value is -3.03. The molecule has 8 heteroatoms. The number of amides is 1. The van der Waals surface area contributed by atoms with Gasteiger partial charge in [-0.3, -0.25) is 19.4 Å². The average Bonchev–Trinajstić information content (AvgIpc) is 3.12. The van der Waals surface area contributed by atoms with Crippen LogP contribution in [0.1, 0.15) is 22.5 Å². The Bertz CT molecular complexity index is 978. The van der Waals surface area contributed by atoms with Gasteiger partial charge in [-0.25, -0.2) is 4.39 Å². The van der Waals surface area contributed by atoms with Crippen molar-refractivity contribution in [1.29, 1.82) is 0 Å². The van der Waals surface area contributed by atoms with Crippen LogP contribution in [0.2, 0.25) is 0 Å². The fourth-order valence-corrected chi connectivity index (χ4v) is 4.11. The standard InChI is InChI=1S/C18H15FN2O5/c1-9-4-12(11-5-10(19)2-3-13(11)20-9)14(22)21-7-17(15(23)24)6-18(17,8-21)16(25)26/h2-5H,6-8H2,1H3,(H,23,24)(H,25,26)/t17-,18+. The number of halogens is 1. The predicted molar refractivity (Wildman–Crippen MR) is 87.1 cm³/mol. The van der Waals surface area contributed by atoms with E-state index in [2.05, 4.69) is 4.98 Å². The summed E-state index contributed by atoms with van der Waals surface area (Å²) in [4.78, 5) is 41.8. The third-order valence-corrected chi connectivity index (χ3v) is 5.55. The lowest BCUT2D eigenvalue weighted by Crippen LogP contribution is -2.34. The summed E-state index contributed by atoms with van der Waals surface area (Å²) in [5.41, 5.74) is -1.71. The molecule has 1 aromatic carbocycles. The molecule has 1 aromatic heterocycles. The number of hydrogen-bond acceptors (Lipinski definition) is 4. The van der Waals surface area contributed by atoms with E-state index >= 15 is 0 Å². The van der Waals surface area contributed by atoms with E-state index in [1.54, 1.807) is 6.92 Å². The van der Waals surface area contributed by atoms with Gasteiger partial charge >= 0.3 is 11.9 Å². The predicted octanol–water partition coefficient (Wildman–Crippen LogP) is 1.68. The number of aliphatic carboxylic acids is 2. The average molecular weight is 358 g/mol. The number of carbonyl (C=O) groups excluding carboxylic acids is 1. The van der Waals surface area contributed by atoms with Crippen LogP contribution in [0.4, 0.5) is 4.39 Å². The number of piperidine rings is 1. The molecule has 4 rings (SSSR count). The number of likely N-dealkylation sites (tertiary alicyclic amines) is 1. The van der Waals surface area contributed by atoms with Gasteiger partial charge in [0.15, 0.2) is 0 Å². The van der Waals surface area contributed by atoms with Gasteiger partial charge in [0.2, 0.25) is 0 Å². The summed E-state index contributed by atoms with van der Waals surface area (Å²) in [5.74, 6) is -3.46. The summed E-state index contributed by atoms with van der Waals surface area (Å²) < 4.78 is 13.7. The highest BCUT2D eigenvalue weighted by Crippen LogP contribution is 2.68. The van der Waals surface area contributed by atoms with E-state index in [4.69, 9.17) is 0 Å². The lowest BCUT2D eigenvalue weighted by Gasteiger charge is -2.21. The zero-order valence-corrected chi connectivity index (χ0v) is 13.8. The van der Waals surface area contributed by atoms with Crippen LogP contribution in [-0.4, -0.2) is 51.0 Å².